The van der Waals surface area contributed by atoms with E-state index in [1.165, 1.54) is 12.8 Å². The Hall–Kier alpha value is -1.20. The van der Waals surface area contributed by atoms with Gasteiger partial charge in [0.05, 0.1) is 18.6 Å². The number of amides is 1. The zero-order valence-electron chi connectivity index (χ0n) is 12.1. The molecule has 1 amide bonds. The van der Waals surface area contributed by atoms with Crippen LogP contribution in [0.2, 0.25) is 0 Å². The summed E-state index contributed by atoms with van der Waals surface area (Å²) in [6, 6.07) is 7.49. The number of hydrogen-bond acceptors (Lipinski definition) is 4. The molecule has 0 unspecified atom stereocenters. The molecular weight excluding hydrogens is 272 g/mol. The lowest BCUT2D eigenvalue weighted by molar-refractivity contribution is -0.113. The number of para-hydroxylation sites is 2. The summed E-state index contributed by atoms with van der Waals surface area (Å²) in [6.45, 7) is 2.26. The number of nitrogens with one attached hydrogen (secondary N) is 1. The first-order chi connectivity index (χ1) is 9.69. The Kier molecular flexibility index (Phi) is 5.73. The van der Waals surface area contributed by atoms with Crippen molar-refractivity contribution in [2.24, 2.45) is 0 Å². The molecule has 20 heavy (non-hydrogen) atoms. The van der Waals surface area contributed by atoms with Crippen LogP contribution in [0.1, 0.15) is 12.8 Å². The van der Waals surface area contributed by atoms with Crippen LogP contribution >= 0.6 is 11.8 Å². The van der Waals surface area contributed by atoms with Crippen LogP contribution in [0.3, 0.4) is 0 Å². The first-order valence-electron chi connectivity index (χ1n) is 6.92. The van der Waals surface area contributed by atoms with Crippen molar-refractivity contribution in [3.8, 4) is 5.75 Å². The van der Waals surface area contributed by atoms with Crippen LogP contribution in [-0.4, -0.2) is 49.1 Å². The molecule has 0 aromatic heterocycles. The van der Waals surface area contributed by atoms with E-state index >= 15 is 0 Å². The van der Waals surface area contributed by atoms with Crippen LogP contribution < -0.4 is 10.1 Å². The van der Waals surface area contributed by atoms with E-state index in [-0.39, 0.29) is 5.91 Å². The van der Waals surface area contributed by atoms with Crippen molar-refractivity contribution in [2.75, 3.05) is 38.3 Å². The maximum atomic E-state index is 12.0. The van der Waals surface area contributed by atoms with E-state index in [9.17, 15) is 4.79 Å². The molecule has 0 atom stereocenters. The van der Waals surface area contributed by atoms with Crippen molar-refractivity contribution < 1.29 is 9.53 Å². The van der Waals surface area contributed by atoms with Gasteiger partial charge in [-0.1, -0.05) is 12.1 Å². The molecule has 0 spiro atoms. The minimum absolute atomic E-state index is 0.0402. The minimum Gasteiger partial charge on any atom is -0.495 e. The van der Waals surface area contributed by atoms with Crippen molar-refractivity contribution in [3.05, 3.63) is 24.3 Å². The Morgan fingerprint density at radius 3 is 2.80 bits per heavy atom. The highest BCUT2D eigenvalue weighted by Crippen LogP contribution is 2.25. The molecule has 4 nitrogen and oxygen atoms in total. The molecule has 1 heterocycles. The highest BCUT2D eigenvalue weighted by molar-refractivity contribution is 8.00. The second-order valence-electron chi connectivity index (χ2n) is 5.06. The number of piperidine rings is 1. The molecule has 1 saturated heterocycles. The molecule has 1 aromatic carbocycles. The lowest BCUT2D eigenvalue weighted by atomic mass is 10.1. The van der Waals surface area contributed by atoms with Gasteiger partial charge in [0, 0.05) is 5.25 Å². The SMILES string of the molecule is COc1ccccc1NC(=O)CSC1CCN(C)CC1. The van der Waals surface area contributed by atoms with Crippen LogP contribution in [0.15, 0.2) is 24.3 Å². The predicted octanol–water partition coefficient (Wildman–Crippen LogP) is 2.46. The molecule has 0 aliphatic carbocycles. The van der Waals surface area contributed by atoms with Gasteiger partial charge in [0.25, 0.3) is 0 Å². The predicted molar refractivity (Wildman–Crippen MR) is 84.6 cm³/mol. The van der Waals surface area contributed by atoms with Crippen molar-refractivity contribution >= 4 is 23.4 Å². The summed E-state index contributed by atoms with van der Waals surface area (Å²) < 4.78 is 5.23. The Morgan fingerprint density at radius 1 is 1.40 bits per heavy atom. The highest BCUT2D eigenvalue weighted by atomic mass is 32.2. The Bertz CT molecular complexity index is 445. The highest BCUT2D eigenvalue weighted by Gasteiger charge is 2.18. The molecule has 1 N–H and O–H groups in total. The number of nitrogens with zero attached hydrogens (tertiary/aromatic N) is 1. The number of likely N-dealkylation sites (tertiary alicyclic amines) is 1. The standard InChI is InChI=1S/C15H22N2O2S/c1-17-9-7-12(8-10-17)20-11-15(18)16-13-5-3-4-6-14(13)19-2/h3-6,12H,7-11H2,1-2H3,(H,16,18). The number of thioether (sulfide) groups is 1. The van der Waals surface area contributed by atoms with E-state index in [1.807, 2.05) is 24.3 Å². The number of ether oxygens (including phenoxy) is 1. The molecule has 0 radical (unpaired) electrons. The van der Waals surface area contributed by atoms with E-state index in [4.69, 9.17) is 4.74 Å². The number of carbonyl (C=O) groups is 1. The molecule has 0 bridgehead atoms. The second-order valence-corrected chi connectivity index (χ2v) is 6.35. The molecule has 1 aromatic rings. The van der Waals surface area contributed by atoms with E-state index in [2.05, 4.69) is 17.3 Å². The molecular formula is C15H22N2O2S. The summed E-state index contributed by atoms with van der Waals surface area (Å²) in [7, 11) is 3.76. The average molecular weight is 294 g/mol. The Labute approximate surface area is 124 Å². The van der Waals surface area contributed by atoms with Gasteiger partial charge >= 0.3 is 0 Å². The van der Waals surface area contributed by atoms with Crippen molar-refractivity contribution in [2.45, 2.75) is 18.1 Å². The normalized spacial score (nSPS) is 16.9. The van der Waals surface area contributed by atoms with Crippen LogP contribution in [0, 0.1) is 0 Å². The zero-order chi connectivity index (χ0) is 14.4. The average Bonchev–Trinajstić information content (AvgIpc) is 2.47. The van der Waals surface area contributed by atoms with Gasteiger partial charge in [0.2, 0.25) is 5.91 Å². The van der Waals surface area contributed by atoms with Crippen LogP contribution in [0.4, 0.5) is 5.69 Å². The lowest BCUT2D eigenvalue weighted by Crippen LogP contribution is -2.32. The van der Waals surface area contributed by atoms with Gasteiger partial charge in [-0.3, -0.25) is 4.79 Å². The number of anilines is 1. The first kappa shape index (κ1) is 15.2. The molecule has 110 valence electrons. The minimum atomic E-state index is 0.0402. The maximum Gasteiger partial charge on any atom is 0.234 e. The summed E-state index contributed by atoms with van der Waals surface area (Å²) in [5, 5.41) is 3.52. The molecule has 1 aliphatic rings. The lowest BCUT2D eigenvalue weighted by Gasteiger charge is -2.28. The van der Waals surface area contributed by atoms with Crippen molar-refractivity contribution in [1.82, 2.24) is 4.90 Å². The Balaban J connectivity index is 1.78. The monoisotopic (exact) mass is 294 g/mol. The fourth-order valence-corrected chi connectivity index (χ4v) is 3.28. The number of methoxy groups -OCH3 is 1. The quantitative estimate of drug-likeness (QED) is 0.906. The van der Waals surface area contributed by atoms with Crippen molar-refractivity contribution in [3.63, 3.8) is 0 Å². The zero-order valence-corrected chi connectivity index (χ0v) is 12.9. The third-order valence-corrected chi connectivity index (χ3v) is 4.87. The number of benzene rings is 1. The van der Waals surface area contributed by atoms with Gasteiger partial charge < -0.3 is 15.0 Å². The van der Waals surface area contributed by atoms with Gasteiger partial charge in [0.15, 0.2) is 0 Å². The molecule has 2 rings (SSSR count). The summed E-state index contributed by atoms with van der Waals surface area (Å²) in [5.74, 6) is 1.25. The first-order valence-corrected chi connectivity index (χ1v) is 7.97. The topological polar surface area (TPSA) is 41.6 Å². The summed E-state index contributed by atoms with van der Waals surface area (Å²) in [4.78, 5) is 14.3. The maximum absolute atomic E-state index is 12.0. The Morgan fingerprint density at radius 2 is 2.10 bits per heavy atom. The molecule has 1 aliphatic heterocycles. The smallest absolute Gasteiger partial charge is 0.234 e. The third-order valence-electron chi connectivity index (χ3n) is 3.50. The molecule has 1 fully saturated rings. The largest absolute Gasteiger partial charge is 0.495 e. The van der Waals surface area contributed by atoms with Gasteiger partial charge in [0.1, 0.15) is 5.75 Å². The molecule has 0 saturated carbocycles. The van der Waals surface area contributed by atoms with Crippen LogP contribution in [0.5, 0.6) is 5.75 Å². The van der Waals surface area contributed by atoms with Gasteiger partial charge in [-0.15, -0.1) is 11.8 Å². The third kappa shape index (κ3) is 4.42. The fraction of sp³-hybridized carbons (Fsp3) is 0.533. The van der Waals surface area contributed by atoms with Crippen LogP contribution in [-0.2, 0) is 4.79 Å². The van der Waals surface area contributed by atoms with Gasteiger partial charge in [-0.25, -0.2) is 0 Å². The fourth-order valence-electron chi connectivity index (χ4n) is 2.28. The van der Waals surface area contributed by atoms with Crippen LogP contribution in [0.25, 0.3) is 0 Å². The van der Waals surface area contributed by atoms with E-state index in [0.29, 0.717) is 16.8 Å². The summed E-state index contributed by atoms with van der Waals surface area (Å²) in [5.41, 5.74) is 0.740. The number of rotatable bonds is 5. The summed E-state index contributed by atoms with van der Waals surface area (Å²) >= 11 is 1.76. The second kappa shape index (κ2) is 7.55. The van der Waals surface area contributed by atoms with Gasteiger partial charge in [-0.05, 0) is 45.1 Å². The van der Waals surface area contributed by atoms with E-state index in [1.54, 1.807) is 18.9 Å². The van der Waals surface area contributed by atoms with Gasteiger partial charge in [-0.2, -0.15) is 0 Å². The van der Waals surface area contributed by atoms with Crippen molar-refractivity contribution in [1.29, 1.82) is 0 Å². The molecule has 5 heteroatoms. The van der Waals surface area contributed by atoms with E-state index in [0.717, 1.165) is 18.8 Å². The summed E-state index contributed by atoms with van der Waals surface area (Å²) in [6.07, 6.45) is 2.34. The van der Waals surface area contributed by atoms with E-state index < -0.39 is 0 Å². The number of carbonyl (C=O) groups excluding carboxylic acids is 1. The number of hydrogen-bond donors (Lipinski definition) is 1.